The number of hydrogen-bond donors (Lipinski definition) is 1. The number of nitrogens with one attached hydrogen (secondary N) is 1. The van der Waals surface area contributed by atoms with E-state index in [1.165, 1.54) is 0 Å². The summed E-state index contributed by atoms with van der Waals surface area (Å²) in [5, 5.41) is 3.39. The van der Waals surface area contributed by atoms with E-state index in [-0.39, 0.29) is 17.5 Å². The van der Waals surface area contributed by atoms with Crippen molar-refractivity contribution >= 4 is 15.5 Å². The summed E-state index contributed by atoms with van der Waals surface area (Å²) in [6.45, 7) is 1.55. The fourth-order valence-corrected chi connectivity index (χ4v) is 3.75. The van der Waals surface area contributed by atoms with E-state index in [2.05, 4.69) is 10.2 Å². The van der Waals surface area contributed by atoms with Crippen molar-refractivity contribution in [1.82, 2.24) is 4.90 Å². The molecule has 0 atom stereocenters. The number of benzene rings is 1. The van der Waals surface area contributed by atoms with Gasteiger partial charge in [-0.1, -0.05) is 0 Å². The molecule has 0 aromatic heterocycles. The maximum Gasteiger partial charge on any atom is 0.150 e. The Bertz CT molecular complexity index is 527. The summed E-state index contributed by atoms with van der Waals surface area (Å²) < 4.78 is 28.4. The van der Waals surface area contributed by atoms with Crippen molar-refractivity contribution in [2.75, 3.05) is 44.1 Å². The molecule has 0 aliphatic carbocycles. The zero-order valence-corrected chi connectivity index (χ0v) is 13.5. The van der Waals surface area contributed by atoms with Crippen LogP contribution in [0, 0.1) is 0 Å². The third kappa shape index (κ3) is 5.55. The third-order valence-electron chi connectivity index (χ3n) is 3.59. The van der Waals surface area contributed by atoms with E-state index in [0.717, 1.165) is 18.0 Å². The van der Waals surface area contributed by atoms with Crippen molar-refractivity contribution < 1.29 is 13.2 Å². The number of rotatable bonds is 6. The lowest BCUT2D eigenvalue weighted by atomic mass is 10.1. The highest BCUT2D eigenvalue weighted by Gasteiger charge is 2.23. The van der Waals surface area contributed by atoms with E-state index in [0.29, 0.717) is 19.4 Å². The predicted octanol–water partition coefficient (Wildman–Crippen LogP) is 1.62. The van der Waals surface area contributed by atoms with Gasteiger partial charge in [-0.2, -0.15) is 0 Å². The van der Waals surface area contributed by atoms with Crippen LogP contribution < -0.4 is 10.1 Å². The lowest BCUT2D eigenvalue weighted by Crippen LogP contribution is -2.32. The van der Waals surface area contributed by atoms with Crippen LogP contribution in [0.25, 0.3) is 0 Å². The van der Waals surface area contributed by atoms with Gasteiger partial charge in [0.05, 0.1) is 11.5 Å². The maximum atomic E-state index is 11.4. The second-order valence-corrected chi connectivity index (χ2v) is 8.05. The standard InChI is InChI=1S/C15H24N2O3S/c1-17(2)9-10-20-15-5-3-13(4-6-15)16-14-7-11-21(18,19)12-8-14/h3-6,14,16H,7-12H2,1-2H3. The summed E-state index contributed by atoms with van der Waals surface area (Å²) in [4.78, 5) is 2.08. The molecular formula is C15H24N2O3S. The molecule has 0 unspecified atom stereocenters. The van der Waals surface area contributed by atoms with Crippen molar-refractivity contribution in [3.05, 3.63) is 24.3 Å². The molecule has 118 valence electrons. The molecule has 0 spiro atoms. The molecule has 5 nitrogen and oxygen atoms in total. The fraction of sp³-hybridized carbons (Fsp3) is 0.600. The summed E-state index contributed by atoms with van der Waals surface area (Å²) in [5.41, 5.74) is 1.01. The number of likely N-dealkylation sites (N-methyl/N-ethyl adjacent to an activating group) is 1. The van der Waals surface area contributed by atoms with Gasteiger partial charge in [0.1, 0.15) is 22.2 Å². The van der Waals surface area contributed by atoms with Gasteiger partial charge in [0, 0.05) is 18.3 Å². The van der Waals surface area contributed by atoms with Crippen molar-refractivity contribution in [3.8, 4) is 5.75 Å². The van der Waals surface area contributed by atoms with Crippen molar-refractivity contribution in [2.24, 2.45) is 0 Å². The first-order chi connectivity index (χ1) is 9.94. The zero-order chi connectivity index (χ0) is 15.3. The van der Waals surface area contributed by atoms with Gasteiger partial charge in [0.25, 0.3) is 0 Å². The van der Waals surface area contributed by atoms with Gasteiger partial charge in [-0.15, -0.1) is 0 Å². The molecule has 21 heavy (non-hydrogen) atoms. The summed E-state index contributed by atoms with van der Waals surface area (Å²) >= 11 is 0. The van der Waals surface area contributed by atoms with Crippen LogP contribution >= 0.6 is 0 Å². The number of anilines is 1. The SMILES string of the molecule is CN(C)CCOc1ccc(NC2CCS(=O)(=O)CC2)cc1. The molecule has 1 aromatic rings. The van der Waals surface area contributed by atoms with E-state index in [1.807, 2.05) is 38.4 Å². The van der Waals surface area contributed by atoms with Gasteiger partial charge >= 0.3 is 0 Å². The van der Waals surface area contributed by atoms with E-state index >= 15 is 0 Å². The Morgan fingerprint density at radius 3 is 2.38 bits per heavy atom. The molecular weight excluding hydrogens is 288 g/mol. The van der Waals surface area contributed by atoms with Gasteiger partial charge in [0.15, 0.2) is 0 Å². The Kier molecular flexibility index (Phi) is 5.47. The number of sulfone groups is 1. The second-order valence-electron chi connectivity index (χ2n) is 5.75. The Labute approximate surface area is 127 Å². The molecule has 2 rings (SSSR count). The summed E-state index contributed by atoms with van der Waals surface area (Å²) in [6, 6.07) is 8.09. The van der Waals surface area contributed by atoms with E-state index in [1.54, 1.807) is 0 Å². The lowest BCUT2D eigenvalue weighted by molar-refractivity contribution is 0.261. The van der Waals surface area contributed by atoms with Crippen LogP contribution in [0.15, 0.2) is 24.3 Å². The topological polar surface area (TPSA) is 58.6 Å². The molecule has 6 heteroatoms. The molecule has 0 saturated carbocycles. The number of nitrogens with zero attached hydrogens (tertiary/aromatic N) is 1. The molecule has 1 heterocycles. The van der Waals surface area contributed by atoms with Crippen LogP contribution in [0.5, 0.6) is 5.75 Å². The normalized spacial score (nSPS) is 18.6. The second kappa shape index (κ2) is 7.13. The van der Waals surface area contributed by atoms with Crippen LogP contribution in [0.2, 0.25) is 0 Å². The van der Waals surface area contributed by atoms with E-state index < -0.39 is 9.84 Å². The highest BCUT2D eigenvalue weighted by Crippen LogP contribution is 2.20. The Morgan fingerprint density at radius 1 is 1.19 bits per heavy atom. The molecule has 1 N–H and O–H groups in total. The zero-order valence-electron chi connectivity index (χ0n) is 12.7. The highest BCUT2D eigenvalue weighted by molar-refractivity contribution is 7.91. The minimum atomic E-state index is -2.80. The lowest BCUT2D eigenvalue weighted by Gasteiger charge is -2.24. The van der Waals surface area contributed by atoms with Gasteiger partial charge in [-0.25, -0.2) is 8.42 Å². The first kappa shape index (κ1) is 16.1. The highest BCUT2D eigenvalue weighted by atomic mass is 32.2. The summed E-state index contributed by atoms with van der Waals surface area (Å²) in [7, 11) is 1.23. The largest absolute Gasteiger partial charge is 0.492 e. The van der Waals surface area contributed by atoms with Gasteiger partial charge < -0.3 is 15.0 Å². The van der Waals surface area contributed by atoms with Crippen LogP contribution in [0.4, 0.5) is 5.69 Å². The molecule has 0 amide bonds. The van der Waals surface area contributed by atoms with Crippen molar-refractivity contribution in [3.63, 3.8) is 0 Å². The minimum absolute atomic E-state index is 0.244. The molecule has 0 radical (unpaired) electrons. The van der Waals surface area contributed by atoms with Crippen LogP contribution in [0.3, 0.4) is 0 Å². The molecule has 0 bridgehead atoms. The molecule has 1 aliphatic rings. The van der Waals surface area contributed by atoms with Crippen molar-refractivity contribution in [2.45, 2.75) is 18.9 Å². The van der Waals surface area contributed by atoms with Crippen molar-refractivity contribution in [1.29, 1.82) is 0 Å². The Morgan fingerprint density at radius 2 is 1.81 bits per heavy atom. The molecule has 1 aromatic carbocycles. The summed E-state index contributed by atoms with van der Waals surface area (Å²) in [5.74, 6) is 1.43. The Balaban J connectivity index is 1.80. The number of ether oxygens (including phenoxy) is 1. The average molecular weight is 312 g/mol. The predicted molar refractivity (Wildman–Crippen MR) is 85.8 cm³/mol. The fourth-order valence-electron chi connectivity index (χ4n) is 2.26. The first-order valence-electron chi connectivity index (χ1n) is 7.29. The van der Waals surface area contributed by atoms with E-state index in [9.17, 15) is 8.42 Å². The maximum absolute atomic E-state index is 11.4. The third-order valence-corrected chi connectivity index (χ3v) is 5.30. The minimum Gasteiger partial charge on any atom is -0.492 e. The first-order valence-corrected chi connectivity index (χ1v) is 9.11. The van der Waals surface area contributed by atoms with Crippen LogP contribution in [-0.2, 0) is 9.84 Å². The molecule has 1 saturated heterocycles. The quantitative estimate of drug-likeness (QED) is 0.865. The summed E-state index contributed by atoms with van der Waals surface area (Å²) in [6.07, 6.45) is 1.37. The molecule has 1 fully saturated rings. The molecule has 1 aliphatic heterocycles. The van der Waals surface area contributed by atoms with Crippen LogP contribution in [-0.4, -0.2) is 58.1 Å². The smallest absolute Gasteiger partial charge is 0.150 e. The van der Waals surface area contributed by atoms with Crippen LogP contribution in [0.1, 0.15) is 12.8 Å². The average Bonchev–Trinajstić information content (AvgIpc) is 2.43. The van der Waals surface area contributed by atoms with E-state index in [4.69, 9.17) is 4.74 Å². The van der Waals surface area contributed by atoms with Gasteiger partial charge in [-0.05, 0) is 51.2 Å². The Hall–Kier alpha value is -1.27. The van der Waals surface area contributed by atoms with Gasteiger partial charge in [0.2, 0.25) is 0 Å². The number of hydrogen-bond acceptors (Lipinski definition) is 5. The monoisotopic (exact) mass is 312 g/mol. The van der Waals surface area contributed by atoms with Gasteiger partial charge in [-0.3, -0.25) is 0 Å².